The third kappa shape index (κ3) is 4.55. The summed E-state index contributed by atoms with van der Waals surface area (Å²) in [7, 11) is 0. The van der Waals surface area contributed by atoms with Crippen LogP contribution in [0.3, 0.4) is 0 Å². The quantitative estimate of drug-likeness (QED) is 0.612. The highest BCUT2D eigenvalue weighted by Gasteiger charge is 2.17. The molecule has 8 heteroatoms. The fourth-order valence-corrected chi connectivity index (χ4v) is 4.09. The maximum absolute atomic E-state index is 6.04. The Hall–Kier alpha value is -2.22. The molecule has 1 aliphatic heterocycles. The van der Waals surface area contributed by atoms with Crippen molar-refractivity contribution in [2.75, 3.05) is 23.8 Å². The molecular weight excluding hydrogens is 382 g/mol. The first-order valence-electron chi connectivity index (χ1n) is 8.86. The van der Waals surface area contributed by atoms with Gasteiger partial charge in [-0.2, -0.15) is 0 Å². The summed E-state index contributed by atoms with van der Waals surface area (Å²) in [4.78, 5) is 14.6. The van der Waals surface area contributed by atoms with Gasteiger partial charge in [0.2, 0.25) is 5.95 Å². The molecule has 0 radical (unpaired) electrons. The number of nitrogens with one attached hydrogen (secondary N) is 2. The van der Waals surface area contributed by atoms with E-state index in [1.807, 2.05) is 37.3 Å². The number of thiazole rings is 1. The lowest BCUT2D eigenvalue weighted by molar-refractivity contribution is 0.120. The summed E-state index contributed by atoms with van der Waals surface area (Å²) >= 11 is 7.63. The summed E-state index contributed by atoms with van der Waals surface area (Å²) in [5.41, 5.74) is 2.64. The molecule has 2 aromatic heterocycles. The van der Waals surface area contributed by atoms with Gasteiger partial charge >= 0.3 is 0 Å². The van der Waals surface area contributed by atoms with Gasteiger partial charge in [-0.05, 0) is 44.0 Å². The first-order chi connectivity index (χ1) is 13.2. The van der Waals surface area contributed by atoms with Crippen LogP contribution in [0.1, 0.15) is 18.5 Å². The Labute approximate surface area is 167 Å². The van der Waals surface area contributed by atoms with Gasteiger partial charge in [-0.25, -0.2) is 15.0 Å². The van der Waals surface area contributed by atoms with Crippen molar-refractivity contribution in [2.24, 2.45) is 0 Å². The molecule has 4 rings (SSSR count). The van der Waals surface area contributed by atoms with E-state index in [1.165, 1.54) is 0 Å². The highest BCUT2D eigenvalue weighted by atomic mass is 35.5. The van der Waals surface area contributed by atoms with Crippen LogP contribution in [0.5, 0.6) is 0 Å². The van der Waals surface area contributed by atoms with Crippen molar-refractivity contribution in [3.63, 3.8) is 0 Å². The van der Waals surface area contributed by atoms with E-state index in [0.717, 1.165) is 53.1 Å². The Morgan fingerprint density at radius 3 is 3.04 bits per heavy atom. The smallest absolute Gasteiger partial charge is 0.227 e. The van der Waals surface area contributed by atoms with Crippen LogP contribution < -0.4 is 10.6 Å². The van der Waals surface area contributed by atoms with E-state index in [1.54, 1.807) is 17.5 Å². The fourth-order valence-electron chi connectivity index (χ4n) is 2.96. The second-order valence-electron chi connectivity index (χ2n) is 6.35. The van der Waals surface area contributed by atoms with Gasteiger partial charge < -0.3 is 15.4 Å². The standard InChI is InChI=1S/C19H20ClN5OS/c1-12-17(27-19(23-12)22-11-15-6-3-9-26-15)16-7-8-21-18(25-16)24-14-5-2-4-13(20)10-14/h2,4-5,7-8,10,15H,3,6,9,11H2,1H3,(H,22,23)(H,21,24,25). The molecule has 0 saturated carbocycles. The van der Waals surface area contributed by atoms with Crippen molar-refractivity contribution in [3.05, 3.63) is 47.2 Å². The zero-order valence-corrected chi connectivity index (χ0v) is 16.5. The molecule has 1 unspecified atom stereocenters. The number of benzene rings is 1. The SMILES string of the molecule is Cc1nc(NCC2CCCO2)sc1-c1ccnc(Nc2cccc(Cl)c2)n1. The molecule has 140 valence electrons. The largest absolute Gasteiger partial charge is 0.376 e. The van der Waals surface area contributed by atoms with E-state index in [-0.39, 0.29) is 6.10 Å². The van der Waals surface area contributed by atoms with Gasteiger partial charge in [0, 0.05) is 30.1 Å². The first kappa shape index (κ1) is 18.2. The topological polar surface area (TPSA) is 72.0 Å². The molecule has 3 aromatic rings. The van der Waals surface area contributed by atoms with Gasteiger partial charge in [0.05, 0.1) is 22.4 Å². The van der Waals surface area contributed by atoms with E-state index in [4.69, 9.17) is 16.3 Å². The van der Waals surface area contributed by atoms with Crippen molar-refractivity contribution < 1.29 is 4.74 Å². The molecule has 0 amide bonds. The molecule has 3 heterocycles. The van der Waals surface area contributed by atoms with Crippen LogP contribution in [-0.4, -0.2) is 34.2 Å². The van der Waals surface area contributed by atoms with Crippen molar-refractivity contribution in [2.45, 2.75) is 25.9 Å². The van der Waals surface area contributed by atoms with E-state index in [2.05, 4.69) is 25.6 Å². The Bertz CT molecular complexity index is 926. The Morgan fingerprint density at radius 1 is 1.30 bits per heavy atom. The zero-order chi connectivity index (χ0) is 18.6. The zero-order valence-electron chi connectivity index (χ0n) is 14.9. The van der Waals surface area contributed by atoms with E-state index < -0.39 is 0 Å². The molecule has 1 saturated heterocycles. The molecular formula is C19H20ClN5OS. The average Bonchev–Trinajstić information content (AvgIpc) is 3.30. The van der Waals surface area contributed by atoms with E-state index in [0.29, 0.717) is 11.0 Å². The van der Waals surface area contributed by atoms with Crippen LogP contribution in [0.2, 0.25) is 5.02 Å². The number of nitrogens with zero attached hydrogens (tertiary/aromatic N) is 3. The lowest BCUT2D eigenvalue weighted by atomic mass is 10.2. The third-order valence-electron chi connectivity index (χ3n) is 4.27. The monoisotopic (exact) mass is 401 g/mol. The predicted octanol–water partition coefficient (Wildman–Crippen LogP) is 4.90. The Morgan fingerprint density at radius 2 is 2.22 bits per heavy atom. The summed E-state index contributed by atoms with van der Waals surface area (Å²) in [5, 5.41) is 8.13. The van der Waals surface area contributed by atoms with Gasteiger partial charge in [0.25, 0.3) is 0 Å². The second kappa shape index (κ2) is 8.21. The number of aryl methyl sites for hydroxylation is 1. The molecule has 2 N–H and O–H groups in total. The van der Waals surface area contributed by atoms with Crippen LogP contribution in [0, 0.1) is 6.92 Å². The number of halogens is 1. The molecule has 1 aliphatic rings. The van der Waals surface area contributed by atoms with Gasteiger partial charge in [0.15, 0.2) is 5.13 Å². The van der Waals surface area contributed by atoms with E-state index >= 15 is 0 Å². The summed E-state index contributed by atoms with van der Waals surface area (Å²) in [6, 6.07) is 9.37. The fraction of sp³-hybridized carbons (Fsp3) is 0.316. The van der Waals surface area contributed by atoms with Crippen molar-refractivity contribution >= 4 is 39.7 Å². The highest BCUT2D eigenvalue weighted by molar-refractivity contribution is 7.19. The van der Waals surface area contributed by atoms with Crippen LogP contribution in [0.4, 0.5) is 16.8 Å². The predicted molar refractivity (Wildman–Crippen MR) is 110 cm³/mol. The number of rotatable bonds is 6. The van der Waals surface area contributed by atoms with Crippen molar-refractivity contribution in [3.8, 4) is 10.6 Å². The summed E-state index contributed by atoms with van der Waals surface area (Å²) in [6.07, 6.45) is 4.27. The second-order valence-corrected chi connectivity index (χ2v) is 7.79. The number of aromatic nitrogens is 3. The van der Waals surface area contributed by atoms with Crippen molar-refractivity contribution in [1.29, 1.82) is 0 Å². The minimum absolute atomic E-state index is 0.283. The molecule has 6 nitrogen and oxygen atoms in total. The average molecular weight is 402 g/mol. The molecule has 0 bridgehead atoms. The minimum atomic E-state index is 0.283. The van der Waals surface area contributed by atoms with E-state index in [9.17, 15) is 0 Å². The van der Waals surface area contributed by atoms with Gasteiger partial charge in [0.1, 0.15) is 0 Å². The molecule has 0 spiro atoms. The third-order valence-corrected chi connectivity index (χ3v) is 5.64. The number of ether oxygens (including phenoxy) is 1. The molecule has 27 heavy (non-hydrogen) atoms. The maximum Gasteiger partial charge on any atom is 0.227 e. The Balaban J connectivity index is 1.49. The van der Waals surface area contributed by atoms with Crippen LogP contribution in [-0.2, 0) is 4.74 Å². The summed E-state index contributed by atoms with van der Waals surface area (Å²) in [6.45, 7) is 3.64. The maximum atomic E-state index is 6.04. The summed E-state index contributed by atoms with van der Waals surface area (Å²) in [5.74, 6) is 0.524. The normalized spacial score (nSPS) is 16.4. The van der Waals surface area contributed by atoms with Gasteiger partial charge in [-0.3, -0.25) is 0 Å². The lowest BCUT2D eigenvalue weighted by Crippen LogP contribution is -2.18. The Kier molecular flexibility index (Phi) is 5.52. The van der Waals surface area contributed by atoms with Gasteiger partial charge in [-0.15, -0.1) is 0 Å². The lowest BCUT2D eigenvalue weighted by Gasteiger charge is -2.09. The number of anilines is 3. The van der Waals surface area contributed by atoms with Gasteiger partial charge in [-0.1, -0.05) is 29.0 Å². The summed E-state index contributed by atoms with van der Waals surface area (Å²) < 4.78 is 5.65. The molecule has 1 aromatic carbocycles. The van der Waals surface area contributed by atoms with Crippen molar-refractivity contribution in [1.82, 2.24) is 15.0 Å². The highest BCUT2D eigenvalue weighted by Crippen LogP contribution is 2.32. The van der Waals surface area contributed by atoms with Crippen LogP contribution in [0.25, 0.3) is 10.6 Å². The number of hydrogen-bond donors (Lipinski definition) is 2. The first-order valence-corrected chi connectivity index (χ1v) is 10.1. The molecule has 1 fully saturated rings. The van der Waals surface area contributed by atoms with Crippen LogP contribution in [0.15, 0.2) is 36.5 Å². The number of hydrogen-bond acceptors (Lipinski definition) is 7. The molecule has 1 atom stereocenters. The van der Waals surface area contributed by atoms with Crippen LogP contribution >= 0.6 is 22.9 Å². The molecule has 0 aliphatic carbocycles. The minimum Gasteiger partial charge on any atom is -0.376 e.